The molecule has 3 nitrogen and oxygen atoms in total. The molecular formula is C22H19ClF2NO2+. The third-order valence-electron chi connectivity index (χ3n) is 4.79. The van der Waals surface area contributed by atoms with Crippen molar-refractivity contribution in [1.82, 2.24) is 0 Å². The van der Waals surface area contributed by atoms with Crippen LogP contribution in [0.15, 0.2) is 54.6 Å². The fraction of sp³-hybridized carbons (Fsp3) is 0.227. The van der Waals surface area contributed by atoms with Gasteiger partial charge in [-0.15, -0.1) is 0 Å². The van der Waals surface area contributed by atoms with Crippen molar-refractivity contribution in [3.63, 3.8) is 0 Å². The second-order valence-electron chi connectivity index (χ2n) is 6.64. The monoisotopic (exact) mass is 402 g/mol. The van der Waals surface area contributed by atoms with Crippen LogP contribution in [0.5, 0.6) is 17.2 Å². The Morgan fingerprint density at radius 3 is 2.61 bits per heavy atom. The molecule has 0 bridgehead atoms. The minimum atomic E-state index is -2.49. The quantitative estimate of drug-likeness (QED) is 0.409. The van der Waals surface area contributed by atoms with E-state index in [1.165, 1.54) is 0 Å². The first-order valence-electron chi connectivity index (χ1n) is 9.03. The first kappa shape index (κ1) is 18.7. The molecule has 0 amide bonds. The van der Waals surface area contributed by atoms with E-state index in [0.29, 0.717) is 23.2 Å². The molecule has 4 rings (SSSR count). The zero-order valence-corrected chi connectivity index (χ0v) is 16.0. The first-order valence-corrected chi connectivity index (χ1v) is 9.41. The van der Waals surface area contributed by atoms with Crippen molar-refractivity contribution in [2.45, 2.75) is 26.3 Å². The molecule has 1 aliphatic rings. The Morgan fingerprint density at radius 2 is 1.86 bits per heavy atom. The van der Waals surface area contributed by atoms with E-state index < -0.39 is 13.0 Å². The minimum Gasteiger partial charge on any atom is -0.488 e. The lowest BCUT2D eigenvalue weighted by molar-refractivity contribution is -0.685. The fourth-order valence-electron chi connectivity index (χ4n) is 3.50. The first-order chi connectivity index (χ1) is 13.5. The molecule has 3 aromatic rings. The molecule has 0 N–H and O–H groups in total. The molecular weight excluding hydrogens is 384 g/mol. The highest BCUT2D eigenvalue weighted by Gasteiger charge is 2.30. The molecule has 1 aromatic heterocycles. The summed E-state index contributed by atoms with van der Waals surface area (Å²) < 4.78 is 38.1. The van der Waals surface area contributed by atoms with Crippen LogP contribution < -0.4 is 14.0 Å². The van der Waals surface area contributed by atoms with Crippen molar-refractivity contribution in [1.29, 1.82) is 0 Å². The number of hydrogen-bond donors (Lipinski definition) is 0. The molecule has 0 saturated carbocycles. The second-order valence-corrected chi connectivity index (χ2v) is 7.03. The molecule has 0 aliphatic carbocycles. The van der Waals surface area contributed by atoms with Gasteiger partial charge in [0.25, 0.3) is 11.6 Å². The van der Waals surface area contributed by atoms with Gasteiger partial charge in [-0.25, -0.2) is 8.78 Å². The van der Waals surface area contributed by atoms with Crippen LogP contribution in [-0.2, 0) is 13.0 Å². The van der Waals surface area contributed by atoms with Crippen LogP contribution in [0.2, 0.25) is 5.15 Å². The normalized spacial score (nSPS) is 12.5. The van der Waals surface area contributed by atoms with Crippen LogP contribution in [0.25, 0.3) is 11.3 Å². The summed E-state index contributed by atoms with van der Waals surface area (Å²) in [7, 11) is 0. The minimum absolute atomic E-state index is 0.452. The SMILES string of the molecule is Cc1c(Oc2ccccc2)cc(Cl)[n+]2c1-c1ccc(OCC(F)F)cc1CC2. The molecule has 0 unspecified atom stereocenters. The van der Waals surface area contributed by atoms with Gasteiger partial charge in [0.2, 0.25) is 5.69 Å². The Balaban J connectivity index is 1.74. The third kappa shape index (κ3) is 3.67. The number of benzene rings is 2. The summed E-state index contributed by atoms with van der Waals surface area (Å²) in [6, 6.07) is 16.8. The number of halogens is 3. The van der Waals surface area contributed by atoms with E-state index in [1.54, 1.807) is 6.07 Å². The van der Waals surface area contributed by atoms with E-state index in [1.807, 2.05) is 55.5 Å². The van der Waals surface area contributed by atoms with Gasteiger partial charge in [-0.3, -0.25) is 0 Å². The van der Waals surface area contributed by atoms with Crippen LogP contribution in [-0.4, -0.2) is 13.0 Å². The lowest BCUT2D eigenvalue weighted by atomic mass is 9.94. The van der Waals surface area contributed by atoms with Gasteiger partial charge in [-0.05, 0) is 54.4 Å². The van der Waals surface area contributed by atoms with Crippen LogP contribution in [0.1, 0.15) is 11.1 Å². The fourth-order valence-corrected chi connectivity index (χ4v) is 3.77. The predicted molar refractivity (Wildman–Crippen MR) is 104 cm³/mol. The van der Waals surface area contributed by atoms with Crippen molar-refractivity contribution in [3.05, 3.63) is 70.9 Å². The lowest BCUT2D eigenvalue weighted by Gasteiger charge is -2.20. The molecule has 0 fully saturated rings. The molecule has 6 heteroatoms. The van der Waals surface area contributed by atoms with Gasteiger partial charge in [0, 0.05) is 6.42 Å². The van der Waals surface area contributed by atoms with E-state index in [0.717, 1.165) is 34.6 Å². The highest BCUT2D eigenvalue weighted by atomic mass is 35.5. The van der Waals surface area contributed by atoms with Gasteiger partial charge in [-0.2, -0.15) is 4.57 Å². The Morgan fingerprint density at radius 1 is 1.07 bits per heavy atom. The van der Waals surface area contributed by atoms with Crippen molar-refractivity contribution in [3.8, 4) is 28.5 Å². The Labute approximate surface area is 167 Å². The van der Waals surface area contributed by atoms with E-state index in [-0.39, 0.29) is 0 Å². The smallest absolute Gasteiger partial charge is 0.279 e. The lowest BCUT2D eigenvalue weighted by Crippen LogP contribution is -2.42. The van der Waals surface area contributed by atoms with Gasteiger partial charge in [0.1, 0.15) is 23.9 Å². The summed E-state index contributed by atoms with van der Waals surface area (Å²) in [5, 5.41) is 0.593. The summed E-state index contributed by atoms with van der Waals surface area (Å²) in [4.78, 5) is 0. The summed E-state index contributed by atoms with van der Waals surface area (Å²) in [5.74, 6) is 1.87. The maximum absolute atomic E-state index is 12.4. The molecule has 0 saturated heterocycles. The van der Waals surface area contributed by atoms with E-state index in [9.17, 15) is 8.78 Å². The number of alkyl halides is 2. The summed E-state index contributed by atoms with van der Waals surface area (Å²) >= 11 is 6.54. The topological polar surface area (TPSA) is 22.3 Å². The van der Waals surface area contributed by atoms with Crippen molar-refractivity contribution in [2.75, 3.05) is 6.61 Å². The molecule has 1 aliphatic heterocycles. The van der Waals surface area contributed by atoms with Crippen molar-refractivity contribution >= 4 is 11.6 Å². The largest absolute Gasteiger partial charge is 0.488 e. The van der Waals surface area contributed by atoms with E-state index in [4.69, 9.17) is 21.1 Å². The highest BCUT2D eigenvalue weighted by Crippen LogP contribution is 2.37. The van der Waals surface area contributed by atoms with Crippen molar-refractivity contribution in [2.24, 2.45) is 0 Å². The number of aromatic nitrogens is 1. The second kappa shape index (κ2) is 7.76. The predicted octanol–water partition coefficient (Wildman–Crippen LogP) is 5.60. The summed E-state index contributed by atoms with van der Waals surface area (Å²) in [6.45, 7) is 2.09. The maximum atomic E-state index is 12.4. The molecule has 2 aromatic carbocycles. The Hall–Kier alpha value is -2.66. The van der Waals surface area contributed by atoms with Gasteiger partial charge >= 0.3 is 0 Å². The van der Waals surface area contributed by atoms with Crippen LogP contribution in [0.4, 0.5) is 8.78 Å². The number of para-hydroxylation sites is 1. The van der Waals surface area contributed by atoms with E-state index in [2.05, 4.69) is 4.57 Å². The third-order valence-corrected chi connectivity index (χ3v) is 5.10. The Kier molecular flexibility index (Phi) is 5.18. The summed E-state index contributed by atoms with van der Waals surface area (Å²) in [5.41, 5.74) is 3.99. The number of fused-ring (bicyclic) bond motifs is 3. The van der Waals surface area contributed by atoms with Crippen LogP contribution in [0, 0.1) is 6.92 Å². The number of pyridine rings is 1. The molecule has 0 radical (unpaired) electrons. The molecule has 28 heavy (non-hydrogen) atoms. The van der Waals surface area contributed by atoms with Crippen molar-refractivity contribution < 1.29 is 22.8 Å². The highest BCUT2D eigenvalue weighted by molar-refractivity contribution is 6.28. The number of nitrogens with zero attached hydrogens (tertiary/aromatic N) is 1. The number of hydrogen-bond acceptors (Lipinski definition) is 2. The standard InChI is InChI=1S/C22H19ClF2NO2/c1-14-19(28-16-5-3-2-4-6-16)12-20(23)26-10-9-15-11-17(27-13-21(24)25)7-8-18(15)22(14)26/h2-8,11-12,21H,9-10,13H2,1H3/q+1. The van der Waals surface area contributed by atoms with Gasteiger partial charge < -0.3 is 9.47 Å². The van der Waals surface area contributed by atoms with E-state index >= 15 is 0 Å². The van der Waals surface area contributed by atoms with Gasteiger partial charge in [0.05, 0.1) is 17.2 Å². The number of rotatable bonds is 5. The van der Waals surface area contributed by atoms with Crippen LogP contribution in [0.3, 0.4) is 0 Å². The molecule has 144 valence electrons. The van der Waals surface area contributed by atoms with Gasteiger partial charge in [-0.1, -0.05) is 18.2 Å². The number of aryl methyl sites for hydroxylation is 1. The average molecular weight is 403 g/mol. The zero-order valence-electron chi connectivity index (χ0n) is 15.3. The van der Waals surface area contributed by atoms with Crippen LogP contribution >= 0.6 is 11.6 Å². The number of ether oxygens (including phenoxy) is 2. The summed E-state index contributed by atoms with van der Waals surface area (Å²) in [6.07, 6.45) is -1.75. The molecule has 2 heterocycles. The average Bonchev–Trinajstić information content (AvgIpc) is 2.70. The maximum Gasteiger partial charge on any atom is 0.279 e. The zero-order chi connectivity index (χ0) is 19.7. The Bertz CT molecular complexity index is 1010. The molecule has 0 atom stereocenters. The molecule has 0 spiro atoms. The van der Waals surface area contributed by atoms with Gasteiger partial charge in [0.15, 0.2) is 6.54 Å².